The third-order valence-corrected chi connectivity index (χ3v) is 8.19. The molecule has 2 aliphatic heterocycles. The van der Waals surface area contributed by atoms with Gasteiger partial charge in [-0.05, 0) is 43.2 Å². The number of benzene rings is 1. The van der Waals surface area contributed by atoms with Crippen molar-refractivity contribution >= 4 is 29.4 Å². The maximum atomic E-state index is 14.7. The van der Waals surface area contributed by atoms with Crippen molar-refractivity contribution in [2.45, 2.75) is 44.1 Å². The number of aromatic nitrogens is 2. The highest BCUT2D eigenvalue weighted by Crippen LogP contribution is 2.26. The molecule has 0 radical (unpaired) electrons. The van der Waals surface area contributed by atoms with Crippen LogP contribution in [-0.4, -0.2) is 100 Å². The molecule has 0 spiro atoms. The van der Waals surface area contributed by atoms with Gasteiger partial charge < -0.3 is 35.2 Å². The van der Waals surface area contributed by atoms with Gasteiger partial charge in [-0.25, -0.2) is 14.4 Å². The first-order valence-corrected chi connectivity index (χ1v) is 14.7. The highest BCUT2D eigenvalue weighted by atomic mass is 35.5. The average molecular weight is 608 g/mol. The molecule has 0 atom stereocenters. The SMILES string of the molecule is O=C(CC1CN(C(=O)Cc2ccc(OCCCC3CCN(c4ncc(Cl)cn4)CC3)cc2F)C1)NC(CO)(CO)CO. The van der Waals surface area contributed by atoms with Gasteiger partial charge in [0.2, 0.25) is 17.8 Å². The molecule has 2 fully saturated rings. The molecule has 3 heterocycles. The lowest BCUT2D eigenvalue weighted by atomic mass is 9.92. The molecule has 2 saturated heterocycles. The van der Waals surface area contributed by atoms with E-state index in [1.54, 1.807) is 29.4 Å². The molecular formula is C29H39ClFN5O6. The summed E-state index contributed by atoms with van der Waals surface area (Å²) in [6, 6.07) is 4.56. The smallest absolute Gasteiger partial charge is 0.227 e. The predicted molar refractivity (Wildman–Crippen MR) is 154 cm³/mol. The molecule has 0 bridgehead atoms. The number of hydrogen-bond acceptors (Lipinski definition) is 9. The molecule has 2 aromatic rings. The van der Waals surface area contributed by atoms with Gasteiger partial charge >= 0.3 is 0 Å². The van der Waals surface area contributed by atoms with Crippen molar-refractivity contribution in [3.05, 3.63) is 47.0 Å². The topological polar surface area (TPSA) is 148 Å². The molecule has 2 amide bonds. The summed E-state index contributed by atoms with van der Waals surface area (Å²) in [6.07, 6.45) is 7.19. The van der Waals surface area contributed by atoms with Crippen molar-refractivity contribution in [1.29, 1.82) is 0 Å². The van der Waals surface area contributed by atoms with Crippen molar-refractivity contribution in [2.75, 3.05) is 57.5 Å². The minimum atomic E-state index is -1.48. The van der Waals surface area contributed by atoms with E-state index in [4.69, 9.17) is 16.3 Å². The Hall–Kier alpha value is -3.06. The first kappa shape index (κ1) is 31.9. The van der Waals surface area contributed by atoms with Crippen LogP contribution in [0.1, 0.15) is 37.7 Å². The number of nitrogens with one attached hydrogen (secondary N) is 1. The first-order valence-electron chi connectivity index (χ1n) is 14.3. The van der Waals surface area contributed by atoms with Crippen LogP contribution in [-0.2, 0) is 16.0 Å². The number of hydrogen-bond donors (Lipinski definition) is 4. The molecule has 11 nitrogen and oxygen atoms in total. The number of ether oxygens (including phenoxy) is 1. The van der Waals surface area contributed by atoms with E-state index >= 15 is 0 Å². The number of halogens is 2. The number of likely N-dealkylation sites (tertiary alicyclic amines) is 1. The van der Waals surface area contributed by atoms with Gasteiger partial charge in [0.25, 0.3) is 0 Å². The lowest BCUT2D eigenvalue weighted by Gasteiger charge is -2.40. The highest BCUT2D eigenvalue weighted by molar-refractivity contribution is 6.30. The predicted octanol–water partition coefficient (Wildman–Crippen LogP) is 1.57. The molecule has 13 heteroatoms. The number of aliphatic hydroxyl groups excluding tert-OH is 3. The fourth-order valence-corrected chi connectivity index (χ4v) is 5.37. The summed E-state index contributed by atoms with van der Waals surface area (Å²) in [6.45, 7) is 1.19. The fraction of sp³-hybridized carbons (Fsp3) is 0.586. The van der Waals surface area contributed by atoms with Crippen LogP contribution in [0.15, 0.2) is 30.6 Å². The van der Waals surface area contributed by atoms with Crippen molar-refractivity contribution in [2.24, 2.45) is 11.8 Å². The van der Waals surface area contributed by atoms with Gasteiger partial charge in [-0.3, -0.25) is 9.59 Å². The van der Waals surface area contributed by atoms with Crippen LogP contribution >= 0.6 is 11.6 Å². The molecular weight excluding hydrogens is 569 g/mol. The van der Waals surface area contributed by atoms with E-state index < -0.39 is 37.1 Å². The van der Waals surface area contributed by atoms with Crippen LogP contribution in [0.2, 0.25) is 5.02 Å². The van der Waals surface area contributed by atoms with E-state index in [1.807, 2.05) is 0 Å². The minimum absolute atomic E-state index is 0.0868. The molecule has 4 rings (SSSR count). The Labute approximate surface area is 249 Å². The Morgan fingerprint density at radius 3 is 2.36 bits per heavy atom. The van der Waals surface area contributed by atoms with Gasteiger partial charge in [0.05, 0.1) is 50.3 Å². The Morgan fingerprint density at radius 1 is 1.07 bits per heavy atom. The zero-order chi connectivity index (χ0) is 30.1. The van der Waals surface area contributed by atoms with Gasteiger partial charge in [0.15, 0.2) is 0 Å². The Kier molecular flexibility index (Phi) is 11.3. The monoisotopic (exact) mass is 607 g/mol. The Balaban J connectivity index is 1.12. The molecule has 1 aromatic heterocycles. The number of nitrogens with zero attached hydrogens (tertiary/aromatic N) is 4. The van der Waals surface area contributed by atoms with E-state index in [1.165, 1.54) is 6.07 Å². The fourth-order valence-electron chi connectivity index (χ4n) is 5.27. The van der Waals surface area contributed by atoms with Gasteiger partial charge in [0, 0.05) is 44.6 Å². The standard InChI is InChI=1S/C29H39ClFN5O6/c30-23-13-32-28(33-14-23)35-7-5-20(6-8-35)2-1-9-42-24-4-3-22(25(31)12-24)11-27(41)36-15-21(16-36)10-26(40)34-29(17-37,18-38)19-39/h3-4,12-14,20-21,37-39H,1-2,5-11,15-19H2,(H,34,40). The molecule has 2 aliphatic rings. The third-order valence-electron chi connectivity index (χ3n) is 7.99. The average Bonchev–Trinajstić information content (AvgIpc) is 2.98. The summed E-state index contributed by atoms with van der Waals surface area (Å²) in [5.41, 5.74) is -1.19. The summed E-state index contributed by atoms with van der Waals surface area (Å²) >= 11 is 5.87. The van der Waals surface area contributed by atoms with E-state index in [0.29, 0.717) is 42.3 Å². The number of rotatable bonds is 14. The summed E-state index contributed by atoms with van der Waals surface area (Å²) in [5, 5.41) is 31.0. The number of carbonyl (C=O) groups is 2. The molecule has 1 aromatic carbocycles. The Morgan fingerprint density at radius 2 is 1.74 bits per heavy atom. The number of piperidine rings is 1. The molecule has 42 heavy (non-hydrogen) atoms. The normalized spacial score (nSPS) is 16.3. The van der Waals surface area contributed by atoms with Gasteiger partial charge in [-0.15, -0.1) is 0 Å². The molecule has 0 saturated carbocycles. The van der Waals surface area contributed by atoms with E-state index in [0.717, 1.165) is 38.8 Å². The van der Waals surface area contributed by atoms with Crippen molar-refractivity contribution < 1.29 is 34.0 Å². The second kappa shape index (κ2) is 14.9. The van der Waals surface area contributed by atoms with Crippen LogP contribution in [0, 0.1) is 17.7 Å². The van der Waals surface area contributed by atoms with Crippen LogP contribution in [0.5, 0.6) is 5.75 Å². The van der Waals surface area contributed by atoms with E-state index in [2.05, 4.69) is 20.2 Å². The quantitative estimate of drug-likeness (QED) is 0.235. The molecule has 0 aliphatic carbocycles. The molecule has 230 valence electrons. The summed E-state index contributed by atoms with van der Waals surface area (Å²) in [5.74, 6) is 0.475. The maximum Gasteiger partial charge on any atom is 0.227 e. The number of carbonyl (C=O) groups excluding carboxylic acids is 2. The number of amides is 2. The molecule has 4 N–H and O–H groups in total. The number of anilines is 1. The summed E-state index contributed by atoms with van der Waals surface area (Å²) in [7, 11) is 0. The van der Waals surface area contributed by atoms with Gasteiger partial charge in [0.1, 0.15) is 17.1 Å². The second-order valence-electron chi connectivity index (χ2n) is 11.2. The largest absolute Gasteiger partial charge is 0.493 e. The van der Waals surface area contributed by atoms with Gasteiger partial charge in [-0.1, -0.05) is 17.7 Å². The van der Waals surface area contributed by atoms with Crippen LogP contribution in [0.25, 0.3) is 0 Å². The summed E-state index contributed by atoms with van der Waals surface area (Å²) in [4.78, 5) is 37.1. The van der Waals surface area contributed by atoms with E-state index in [-0.39, 0.29) is 30.2 Å². The van der Waals surface area contributed by atoms with Crippen molar-refractivity contribution in [3.63, 3.8) is 0 Å². The second-order valence-corrected chi connectivity index (χ2v) is 11.7. The van der Waals surface area contributed by atoms with Crippen molar-refractivity contribution in [3.8, 4) is 5.75 Å². The highest BCUT2D eigenvalue weighted by Gasteiger charge is 2.35. The first-order chi connectivity index (χ1) is 20.2. The van der Waals surface area contributed by atoms with Crippen LogP contribution < -0.4 is 15.0 Å². The zero-order valence-electron chi connectivity index (χ0n) is 23.6. The van der Waals surface area contributed by atoms with Crippen LogP contribution in [0.4, 0.5) is 10.3 Å². The maximum absolute atomic E-state index is 14.7. The summed E-state index contributed by atoms with van der Waals surface area (Å²) < 4.78 is 20.5. The van der Waals surface area contributed by atoms with Crippen LogP contribution in [0.3, 0.4) is 0 Å². The van der Waals surface area contributed by atoms with E-state index in [9.17, 15) is 29.3 Å². The zero-order valence-corrected chi connectivity index (χ0v) is 24.3. The van der Waals surface area contributed by atoms with Gasteiger partial charge in [-0.2, -0.15) is 0 Å². The minimum Gasteiger partial charge on any atom is -0.493 e. The molecule has 0 unspecified atom stereocenters. The van der Waals surface area contributed by atoms with Crippen molar-refractivity contribution in [1.82, 2.24) is 20.2 Å². The third kappa shape index (κ3) is 8.50. The number of aliphatic hydroxyl groups is 3. The Bertz CT molecular complexity index is 1180. The lowest BCUT2D eigenvalue weighted by molar-refractivity contribution is -0.139. The lowest BCUT2D eigenvalue weighted by Crippen LogP contribution is -2.58.